The van der Waals surface area contributed by atoms with Crippen molar-refractivity contribution in [3.63, 3.8) is 0 Å². The summed E-state index contributed by atoms with van der Waals surface area (Å²) in [7, 11) is -4.82. The van der Waals surface area contributed by atoms with Crippen LogP contribution in [0.25, 0.3) is 0 Å². The highest BCUT2D eigenvalue weighted by atomic mass is 31.2. The Labute approximate surface area is 302 Å². The van der Waals surface area contributed by atoms with Crippen LogP contribution in [0.5, 0.6) is 0 Å². The highest BCUT2D eigenvalue weighted by Crippen LogP contribution is 2.36. The third-order valence-electron chi connectivity index (χ3n) is 7.54. The van der Waals surface area contributed by atoms with Crippen LogP contribution in [0.3, 0.4) is 0 Å². The van der Waals surface area contributed by atoms with Gasteiger partial charge in [-0.25, -0.2) is 4.57 Å². The van der Waals surface area contributed by atoms with Gasteiger partial charge in [0.05, 0.1) is 12.7 Å². The summed E-state index contributed by atoms with van der Waals surface area (Å²) in [5, 5.41) is 10.2. The molecule has 286 valence electrons. The zero-order chi connectivity index (χ0) is 37.1. The van der Waals surface area contributed by atoms with Gasteiger partial charge >= 0.3 is 19.8 Å². The van der Waals surface area contributed by atoms with E-state index in [0.717, 1.165) is 57.3 Å². The molecule has 9 nitrogen and oxygen atoms in total. The molecule has 10 heteroatoms. The minimum absolute atomic E-state index is 0.0873. The van der Waals surface area contributed by atoms with E-state index in [2.05, 4.69) is 73.9 Å². The Hall–Kier alpha value is -2.55. The van der Waals surface area contributed by atoms with Crippen molar-refractivity contribution in [1.82, 2.24) is 0 Å². The summed E-state index contributed by atoms with van der Waals surface area (Å²) in [6, 6.07) is 0. The van der Waals surface area contributed by atoms with Crippen LogP contribution in [0.15, 0.2) is 72.9 Å². The normalized spacial score (nSPS) is 14.1. The first-order valence-corrected chi connectivity index (χ1v) is 20.2. The van der Waals surface area contributed by atoms with E-state index in [9.17, 15) is 19.3 Å². The van der Waals surface area contributed by atoms with Crippen LogP contribution in [0.1, 0.15) is 136 Å². The Bertz CT molecular complexity index is 1070. The lowest BCUT2D eigenvalue weighted by atomic mass is 10.0. The van der Waals surface area contributed by atoms with E-state index < -0.39 is 38.6 Å². The fourth-order valence-corrected chi connectivity index (χ4v) is 5.09. The Balaban J connectivity index is 4.26. The van der Waals surface area contributed by atoms with E-state index in [-0.39, 0.29) is 25.9 Å². The number of phosphoric acid groups is 1. The van der Waals surface area contributed by atoms with Gasteiger partial charge in [-0.3, -0.25) is 14.1 Å². The molecule has 0 fully saturated rings. The fourth-order valence-electron chi connectivity index (χ4n) is 4.72. The van der Waals surface area contributed by atoms with Gasteiger partial charge in [0.25, 0.3) is 0 Å². The van der Waals surface area contributed by atoms with E-state index in [1.165, 1.54) is 38.5 Å². The molecule has 0 aliphatic carbocycles. The maximum Gasteiger partial charge on any atom is 0.469 e. The van der Waals surface area contributed by atoms with Crippen LogP contribution in [-0.2, 0) is 28.2 Å². The second-order valence-electron chi connectivity index (χ2n) is 12.9. The lowest BCUT2D eigenvalue weighted by molar-refractivity contribution is -0.161. The van der Waals surface area contributed by atoms with Gasteiger partial charge < -0.3 is 24.4 Å². The van der Waals surface area contributed by atoms with Crippen molar-refractivity contribution in [1.29, 1.82) is 0 Å². The molecule has 0 saturated carbocycles. The summed E-state index contributed by atoms with van der Waals surface area (Å²) in [5.41, 5.74) is 0. The second-order valence-corrected chi connectivity index (χ2v) is 14.1. The van der Waals surface area contributed by atoms with Crippen molar-refractivity contribution in [3.05, 3.63) is 72.9 Å². The molecular weight excluding hydrogens is 655 g/mol. The number of ether oxygens (including phenoxy) is 2. The summed E-state index contributed by atoms with van der Waals surface area (Å²) >= 11 is 0. The van der Waals surface area contributed by atoms with Gasteiger partial charge in [0, 0.05) is 12.8 Å². The fraction of sp³-hybridized carbons (Fsp3) is 0.650. The standard InChI is InChI=1S/C40H67O9P/c1-4-5-6-7-8-9-10-11-12-13-14-15-18-21-24-27-30-37(41)32-33-40(43)49-38(35-48-50(44,45)46)34-47-39(42)31-28-25-22-19-16-17-20-23-26-29-36(2)3/h5-6,8-9,11-12,14-15,21,24,27,30,36-38,41H,4,7,10,13,16-20,22-23,25-26,28-29,31-35H2,1-3H3,(H2,44,45,46)/b6-5-,9-8-,12-11-,15-14-,24-21-,30-27-/t37?,38-/m1/s1. The lowest BCUT2D eigenvalue weighted by Crippen LogP contribution is -2.29. The molecule has 0 heterocycles. The molecule has 0 aromatic carbocycles. The second kappa shape index (κ2) is 33.6. The molecule has 0 bridgehead atoms. The zero-order valence-corrected chi connectivity index (χ0v) is 31.9. The van der Waals surface area contributed by atoms with Gasteiger partial charge in [0.1, 0.15) is 6.61 Å². The molecule has 0 rings (SSSR count). The van der Waals surface area contributed by atoms with Crippen molar-refractivity contribution in [2.45, 2.75) is 149 Å². The maximum absolute atomic E-state index is 12.4. The predicted octanol–water partition coefficient (Wildman–Crippen LogP) is 9.95. The molecule has 0 saturated heterocycles. The van der Waals surface area contributed by atoms with Crippen LogP contribution in [0, 0.1) is 5.92 Å². The zero-order valence-electron chi connectivity index (χ0n) is 31.0. The highest BCUT2D eigenvalue weighted by Gasteiger charge is 2.23. The summed E-state index contributed by atoms with van der Waals surface area (Å²) < 4.78 is 26.1. The van der Waals surface area contributed by atoms with Gasteiger partial charge in [0.15, 0.2) is 6.10 Å². The number of aliphatic hydroxyl groups excluding tert-OH is 1. The van der Waals surface area contributed by atoms with Crippen LogP contribution in [-0.4, -0.2) is 52.3 Å². The number of unbranched alkanes of at least 4 members (excludes halogenated alkanes) is 8. The minimum Gasteiger partial charge on any atom is -0.462 e. The van der Waals surface area contributed by atoms with Crippen molar-refractivity contribution >= 4 is 19.8 Å². The molecule has 0 aromatic heterocycles. The highest BCUT2D eigenvalue weighted by molar-refractivity contribution is 7.46. The van der Waals surface area contributed by atoms with E-state index in [4.69, 9.17) is 19.3 Å². The number of hydrogen-bond acceptors (Lipinski definition) is 7. The van der Waals surface area contributed by atoms with Gasteiger partial charge in [-0.1, -0.05) is 151 Å². The molecule has 0 aliphatic heterocycles. The van der Waals surface area contributed by atoms with Crippen molar-refractivity contribution in [3.8, 4) is 0 Å². The van der Waals surface area contributed by atoms with Crippen LogP contribution in [0.4, 0.5) is 0 Å². The average Bonchev–Trinajstić information content (AvgIpc) is 3.06. The van der Waals surface area contributed by atoms with E-state index >= 15 is 0 Å². The molecule has 2 atom stereocenters. The summed E-state index contributed by atoms with van der Waals surface area (Å²) in [6.45, 7) is 5.63. The van der Waals surface area contributed by atoms with Crippen molar-refractivity contribution < 1.29 is 43.0 Å². The quantitative estimate of drug-likeness (QED) is 0.0203. The predicted molar refractivity (Wildman–Crippen MR) is 203 cm³/mol. The third kappa shape index (κ3) is 36.7. The molecule has 50 heavy (non-hydrogen) atoms. The molecular formula is C40H67O9P. The Morgan fingerprint density at radius 3 is 1.70 bits per heavy atom. The summed E-state index contributed by atoms with van der Waals surface area (Å²) in [5.74, 6) is -0.402. The molecule has 1 unspecified atom stereocenters. The van der Waals surface area contributed by atoms with Gasteiger partial charge in [-0.2, -0.15) is 0 Å². The Morgan fingerprint density at radius 1 is 0.640 bits per heavy atom. The minimum atomic E-state index is -4.82. The van der Waals surface area contributed by atoms with Crippen LogP contribution < -0.4 is 0 Å². The number of carbonyl (C=O) groups is 2. The Morgan fingerprint density at radius 2 is 1.16 bits per heavy atom. The van der Waals surface area contributed by atoms with Gasteiger partial charge in [0.2, 0.25) is 0 Å². The van der Waals surface area contributed by atoms with Crippen LogP contribution >= 0.6 is 7.82 Å². The van der Waals surface area contributed by atoms with Crippen LogP contribution in [0.2, 0.25) is 0 Å². The van der Waals surface area contributed by atoms with Crippen molar-refractivity contribution in [2.24, 2.45) is 5.92 Å². The number of aliphatic hydroxyl groups is 1. The molecule has 0 aliphatic rings. The van der Waals surface area contributed by atoms with Gasteiger partial charge in [-0.15, -0.1) is 0 Å². The molecule has 0 amide bonds. The molecule has 3 N–H and O–H groups in total. The van der Waals surface area contributed by atoms with E-state index in [1.54, 1.807) is 12.2 Å². The van der Waals surface area contributed by atoms with Crippen molar-refractivity contribution in [2.75, 3.05) is 13.2 Å². The topological polar surface area (TPSA) is 140 Å². The first-order chi connectivity index (χ1) is 24.0. The van der Waals surface area contributed by atoms with E-state index in [1.807, 2.05) is 12.2 Å². The first-order valence-electron chi connectivity index (χ1n) is 18.7. The largest absolute Gasteiger partial charge is 0.469 e. The number of phosphoric ester groups is 1. The third-order valence-corrected chi connectivity index (χ3v) is 8.02. The summed E-state index contributed by atoms with van der Waals surface area (Å²) in [4.78, 5) is 42.7. The SMILES string of the molecule is CC/C=C\C/C=C\C/C=C\C/C=C\C/C=C\C=C/C(O)CCC(=O)O[C@H](COC(=O)CCCCCCCCCCCC(C)C)COP(=O)(O)O. The number of esters is 2. The number of rotatable bonds is 32. The number of carbonyl (C=O) groups excluding carboxylic acids is 2. The van der Waals surface area contributed by atoms with Gasteiger partial charge in [-0.05, 0) is 50.9 Å². The average molecular weight is 723 g/mol. The monoisotopic (exact) mass is 722 g/mol. The molecule has 0 radical (unpaired) electrons. The number of hydrogen-bond donors (Lipinski definition) is 3. The smallest absolute Gasteiger partial charge is 0.462 e. The Kier molecular flexibility index (Phi) is 31.9. The maximum atomic E-state index is 12.4. The lowest BCUT2D eigenvalue weighted by Gasteiger charge is -2.18. The summed E-state index contributed by atoms with van der Waals surface area (Å²) in [6.07, 6.45) is 38.3. The molecule has 0 aromatic rings. The first kappa shape index (κ1) is 47.4. The molecule has 0 spiro atoms. The van der Waals surface area contributed by atoms with E-state index in [0.29, 0.717) is 6.42 Å². The number of allylic oxidation sites excluding steroid dienone is 11.